The van der Waals surface area contributed by atoms with E-state index in [9.17, 15) is 4.79 Å². The van der Waals surface area contributed by atoms with Gasteiger partial charge in [0, 0.05) is 11.9 Å². The van der Waals surface area contributed by atoms with Gasteiger partial charge in [0.2, 0.25) is 0 Å². The van der Waals surface area contributed by atoms with Gasteiger partial charge >= 0.3 is 5.97 Å². The van der Waals surface area contributed by atoms with Crippen molar-refractivity contribution in [2.45, 2.75) is 13.8 Å². The summed E-state index contributed by atoms with van der Waals surface area (Å²) >= 11 is 0. The van der Waals surface area contributed by atoms with Crippen LogP contribution >= 0.6 is 0 Å². The fourth-order valence-electron chi connectivity index (χ4n) is 1.30. The van der Waals surface area contributed by atoms with Gasteiger partial charge in [0.25, 0.3) is 0 Å². The highest BCUT2D eigenvalue weighted by molar-refractivity contribution is 5.85. The van der Waals surface area contributed by atoms with Crippen LogP contribution in [0.1, 0.15) is 21.9 Å². The molecule has 2 rings (SSSR count). The van der Waals surface area contributed by atoms with Gasteiger partial charge in [0.15, 0.2) is 11.3 Å². The number of carbonyl (C=O) groups is 1. The van der Waals surface area contributed by atoms with E-state index in [4.69, 9.17) is 5.11 Å². The normalized spacial score (nSPS) is 10.7. The van der Waals surface area contributed by atoms with Crippen molar-refractivity contribution in [3.05, 3.63) is 29.5 Å². The molecule has 14 heavy (non-hydrogen) atoms. The molecule has 2 aromatic heterocycles. The lowest BCUT2D eigenvalue weighted by atomic mass is 10.4. The van der Waals surface area contributed by atoms with E-state index in [0.29, 0.717) is 5.65 Å². The van der Waals surface area contributed by atoms with E-state index in [0.717, 1.165) is 11.4 Å². The van der Waals surface area contributed by atoms with Crippen LogP contribution in [0.25, 0.3) is 5.65 Å². The van der Waals surface area contributed by atoms with Crippen LogP contribution in [-0.4, -0.2) is 25.4 Å². The number of imidazole rings is 1. The number of nitrogens with zero attached hydrogens (tertiary/aromatic N) is 3. The second-order valence-corrected chi connectivity index (χ2v) is 3.09. The maximum Gasteiger partial charge on any atom is 0.356 e. The van der Waals surface area contributed by atoms with Crippen LogP contribution in [-0.2, 0) is 0 Å². The second-order valence-electron chi connectivity index (χ2n) is 3.09. The SMILES string of the molecule is Cc1nc2cnc(C(=O)O)cn2c1C. The number of aromatic carboxylic acids is 1. The first-order valence-electron chi connectivity index (χ1n) is 4.14. The van der Waals surface area contributed by atoms with Gasteiger partial charge in [-0.3, -0.25) is 0 Å². The Hall–Kier alpha value is -1.91. The van der Waals surface area contributed by atoms with E-state index >= 15 is 0 Å². The quantitative estimate of drug-likeness (QED) is 0.731. The van der Waals surface area contributed by atoms with E-state index in [1.165, 1.54) is 12.4 Å². The first kappa shape index (κ1) is 8.68. The molecule has 0 aliphatic heterocycles. The molecule has 2 heterocycles. The van der Waals surface area contributed by atoms with Gasteiger partial charge in [-0.1, -0.05) is 0 Å². The highest BCUT2D eigenvalue weighted by atomic mass is 16.4. The Morgan fingerprint density at radius 3 is 2.86 bits per heavy atom. The average Bonchev–Trinajstić information content (AvgIpc) is 2.43. The molecule has 72 valence electrons. The Bertz CT molecular complexity index is 516. The number of aryl methyl sites for hydroxylation is 2. The fraction of sp³-hybridized carbons (Fsp3) is 0.222. The Balaban J connectivity index is 2.76. The van der Waals surface area contributed by atoms with E-state index in [1.807, 2.05) is 13.8 Å². The molecule has 0 saturated heterocycles. The second kappa shape index (κ2) is 2.80. The lowest BCUT2D eigenvalue weighted by Gasteiger charge is -1.97. The molecule has 2 aromatic rings. The van der Waals surface area contributed by atoms with Crippen molar-refractivity contribution in [1.82, 2.24) is 14.4 Å². The van der Waals surface area contributed by atoms with E-state index in [1.54, 1.807) is 4.40 Å². The summed E-state index contributed by atoms with van der Waals surface area (Å²) in [6, 6.07) is 0. The predicted molar refractivity (Wildman–Crippen MR) is 49.4 cm³/mol. The molecular formula is C9H9N3O2. The van der Waals surface area contributed by atoms with Crippen LogP contribution in [0.4, 0.5) is 0 Å². The van der Waals surface area contributed by atoms with E-state index < -0.39 is 5.97 Å². The van der Waals surface area contributed by atoms with Gasteiger partial charge in [-0.25, -0.2) is 14.8 Å². The maximum atomic E-state index is 10.7. The minimum absolute atomic E-state index is 0.0259. The van der Waals surface area contributed by atoms with Crippen molar-refractivity contribution in [3.63, 3.8) is 0 Å². The molecule has 0 saturated carbocycles. The standard InChI is InChI=1S/C9H9N3O2/c1-5-6(2)12-4-7(9(13)14)10-3-8(12)11-5/h3-4H,1-2H3,(H,13,14). The number of rotatable bonds is 1. The van der Waals surface area contributed by atoms with Gasteiger partial charge < -0.3 is 9.51 Å². The molecule has 0 aromatic carbocycles. The van der Waals surface area contributed by atoms with Gasteiger partial charge in [-0.2, -0.15) is 0 Å². The van der Waals surface area contributed by atoms with Crippen LogP contribution in [0, 0.1) is 13.8 Å². The lowest BCUT2D eigenvalue weighted by Crippen LogP contribution is -2.02. The molecule has 5 nitrogen and oxygen atoms in total. The lowest BCUT2D eigenvalue weighted by molar-refractivity contribution is 0.0690. The molecular weight excluding hydrogens is 182 g/mol. The number of fused-ring (bicyclic) bond motifs is 1. The summed E-state index contributed by atoms with van der Waals surface area (Å²) in [4.78, 5) is 18.7. The van der Waals surface area contributed by atoms with Crippen LogP contribution in [0.2, 0.25) is 0 Å². The van der Waals surface area contributed by atoms with E-state index in [-0.39, 0.29) is 5.69 Å². The highest BCUT2D eigenvalue weighted by Crippen LogP contribution is 2.10. The smallest absolute Gasteiger partial charge is 0.356 e. The third kappa shape index (κ3) is 1.14. The zero-order chi connectivity index (χ0) is 10.3. The molecule has 5 heteroatoms. The number of hydrogen-bond acceptors (Lipinski definition) is 3. The summed E-state index contributed by atoms with van der Waals surface area (Å²) in [6.45, 7) is 3.77. The Morgan fingerprint density at radius 2 is 2.21 bits per heavy atom. The Labute approximate surface area is 80.0 Å². The largest absolute Gasteiger partial charge is 0.476 e. The number of carboxylic acids is 1. The van der Waals surface area contributed by atoms with E-state index in [2.05, 4.69) is 9.97 Å². The monoisotopic (exact) mass is 191 g/mol. The first-order chi connectivity index (χ1) is 6.59. The molecule has 0 unspecified atom stereocenters. The van der Waals surface area contributed by atoms with Crippen LogP contribution < -0.4 is 0 Å². The minimum atomic E-state index is -1.03. The first-order valence-corrected chi connectivity index (χ1v) is 4.14. The summed E-state index contributed by atoms with van der Waals surface area (Å²) < 4.78 is 1.73. The molecule has 0 atom stereocenters. The van der Waals surface area contributed by atoms with Gasteiger partial charge in [0.1, 0.15) is 0 Å². The van der Waals surface area contributed by atoms with Crippen LogP contribution in [0.15, 0.2) is 12.4 Å². The number of carboxylic acid groups (broad SMARTS) is 1. The van der Waals surface area contributed by atoms with Crippen molar-refractivity contribution >= 4 is 11.6 Å². The van der Waals surface area contributed by atoms with Crippen LogP contribution in [0.3, 0.4) is 0 Å². The molecule has 1 N–H and O–H groups in total. The zero-order valence-electron chi connectivity index (χ0n) is 7.85. The average molecular weight is 191 g/mol. The summed E-state index contributed by atoms with van der Waals surface area (Å²) in [5, 5.41) is 8.75. The summed E-state index contributed by atoms with van der Waals surface area (Å²) in [5.74, 6) is -1.03. The predicted octanol–water partition coefficient (Wildman–Crippen LogP) is 1.04. The van der Waals surface area contributed by atoms with Gasteiger partial charge in [0.05, 0.1) is 11.9 Å². The summed E-state index contributed by atoms with van der Waals surface area (Å²) in [7, 11) is 0. The van der Waals surface area contributed by atoms with Gasteiger partial charge in [-0.05, 0) is 13.8 Å². The topological polar surface area (TPSA) is 67.5 Å². The molecule has 0 fully saturated rings. The number of hydrogen-bond donors (Lipinski definition) is 1. The molecule has 0 spiro atoms. The van der Waals surface area contributed by atoms with Crippen LogP contribution in [0.5, 0.6) is 0 Å². The Kier molecular flexibility index (Phi) is 1.73. The minimum Gasteiger partial charge on any atom is -0.476 e. The summed E-state index contributed by atoms with van der Waals surface area (Å²) in [6.07, 6.45) is 2.94. The maximum absolute atomic E-state index is 10.7. The molecule has 0 bridgehead atoms. The summed E-state index contributed by atoms with van der Waals surface area (Å²) in [5.41, 5.74) is 2.52. The van der Waals surface area contributed by atoms with Gasteiger partial charge in [-0.15, -0.1) is 0 Å². The van der Waals surface area contributed by atoms with Crippen molar-refractivity contribution < 1.29 is 9.90 Å². The highest BCUT2D eigenvalue weighted by Gasteiger charge is 2.09. The Morgan fingerprint density at radius 1 is 1.50 bits per heavy atom. The zero-order valence-corrected chi connectivity index (χ0v) is 7.85. The van der Waals surface area contributed by atoms with Crippen molar-refractivity contribution in [1.29, 1.82) is 0 Å². The molecule has 0 aliphatic carbocycles. The fourth-order valence-corrected chi connectivity index (χ4v) is 1.30. The molecule has 0 amide bonds. The van der Waals surface area contributed by atoms with Crippen molar-refractivity contribution in [2.75, 3.05) is 0 Å². The molecule has 0 aliphatic rings. The van der Waals surface area contributed by atoms with Crippen molar-refractivity contribution in [3.8, 4) is 0 Å². The third-order valence-corrected chi connectivity index (χ3v) is 2.20. The van der Waals surface area contributed by atoms with Crippen molar-refractivity contribution in [2.24, 2.45) is 0 Å². The molecule has 0 radical (unpaired) electrons. The number of aromatic nitrogens is 3. The third-order valence-electron chi connectivity index (χ3n) is 2.20.